The molecule has 2 aliphatic rings. The highest BCUT2D eigenvalue weighted by Crippen LogP contribution is 2.35. The number of rotatable bonds is 2. The van der Waals surface area contributed by atoms with Crippen LogP contribution in [0.15, 0.2) is 24.3 Å². The highest BCUT2D eigenvalue weighted by Gasteiger charge is 2.31. The average Bonchev–Trinajstić information content (AvgIpc) is 2.61. The zero-order valence-corrected chi connectivity index (χ0v) is 16.3. The lowest BCUT2D eigenvalue weighted by molar-refractivity contribution is 0.00788. The van der Waals surface area contributed by atoms with Crippen molar-refractivity contribution in [3.63, 3.8) is 0 Å². The molecule has 144 valence electrons. The van der Waals surface area contributed by atoms with Gasteiger partial charge in [0.2, 0.25) is 0 Å². The number of phenols is 1. The molecule has 1 aliphatic heterocycles. The number of carbonyl (C=O) groups is 1. The van der Waals surface area contributed by atoms with E-state index in [0.717, 1.165) is 26.2 Å². The quantitative estimate of drug-likeness (QED) is 0.867. The van der Waals surface area contributed by atoms with Crippen molar-refractivity contribution < 1.29 is 14.6 Å². The fourth-order valence-electron chi connectivity index (χ4n) is 4.12. The molecule has 5 nitrogen and oxygen atoms in total. The maximum absolute atomic E-state index is 12.2. The Morgan fingerprint density at radius 2 is 1.58 bits per heavy atom. The van der Waals surface area contributed by atoms with Gasteiger partial charge < -0.3 is 14.7 Å². The summed E-state index contributed by atoms with van der Waals surface area (Å²) >= 11 is 0. The van der Waals surface area contributed by atoms with Gasteiger partial charge in [-0.3, -0.25) is 4.90 Å². The number of piperazine rings is 1. The van der Waals surface area contributed by atoms with Crippen molar-refractivity contribution in [3.05, 3.63) is 29.8 Å². The van der Waals surface area contributed by atoms with Gasteiger partial charge in [0.25, 0.3) is 0 Å². The normalized spacial score (nSPS) is 25.1. The van der Waals surface area contributed by atoms with E-state index in [2.05, 4.69) is 17.0 Å². The summed E-state index contributed by atoms with van der Waals surface area (Å²) in [4.78, 5) is 16.6. The van der Waals surface area contributed by atoms with E-state index in [1.807, 2.05) is 25.7 Å². The highest BCUT2D eigenvalue weighted by molar-refractivity contribution is 5.68. The number of aromatic hydroxyl groups is 1. The third kappa shape index (κ3) is 4.91. The Balaban J connectivity index is 1.45. The molecule has 1 heterocycles. The Morgan fingerprint density at radius 1 is 1.00 bits per heavy atom. The van der Waals surface area contributed by atoms with Crippen LogP contribution in [0.25, 0.3) is 0 Å². The maximum Gasteiger partial charge on any atom is 0.410 e. The molecule has 2 fully saturated rings. The summed E-state index contributed by atoms with van der Waals surface area (Å²) in [7, 11) is 0. The topological polar surface area (TPSA) is 53.0 Å². The molecule has 0 aromatic heterocycles. The minimum atomic E-state index is -0.430. The summed E-state index contributed by atoms with van der Waals surface area (Å²) < 4.78 is 5.48. The van der Waals surface area contributed by atoms with Gasteiger partial charge in [-0.2, -0.15) is 0 Å². The summed E-state index contributed by atoms with van der Waals surface area (Å²) in [5.41, 5.74) is 0.914. The van der Waals surface area contributed by atoms with Gasteiger partial charge in [0.15, 0.2) is 0 Å². The van der Waals surface area contributed by atoms with Crippen molar-refractivity contribution in [1.82, 2.24) is 9.80 Å². The number of nitrogens with zero attached hydrogens (tertiary/aromatic N) is 2. The molecular formula is C21H32N2O3. The fraction of sp³-hybridized carbons (Fsp3) is 0.667. The van der Waals surface area contributed by atoms with Crippen molar-refractivity contribution in [2.75, 3.05) is 26.2 Å². The van der Waals surface area contributed by atoms with Gasteiger partial charge in [-0.15, -0.1) is 0 Å². The lowest BCUT2D eigenvalue weighted by Gasteiger charge is -2.42. The molecule has 1 aromatic carbocycles. The first kappa shape index (κ1) is 19.0. The molecule has 26 heavy (non-hydrogen) atoms. The highest BCUT2D eigenvalue weighted by atomic mass is 16.6. The monoisotopic (exact) mass is 360 g/mol. The first-order valence-electron chi connectivity index (χ1n) is 9.83. The van der Waals surface area contributed by atoms with Crippen molar-refractivity contribution in [2.45, 2.75) is 64.0 Å². The van der Waals surface area contributed by atoms with Crippen molar-refractivity contribution >= 4 is 6.09 Å². The van der Waals surface area contributed by atoms with E-state index in [4.69, 9.17) is 4.74 Å². The van der Waals surface area contributed by atoms with Crippen LogP contribution in [-0.4, -0.2) is 58.8 Å². The molecule has 0 spiro atoms. The van der Waals surface area contributed by atoms with Gasteiger partial charge in [-0.1, -0.05) is 12.1 Å². The number of hydrogen-bond donors (Lipinski definition) is 1. The molecule has 3 rings (SSSR count). The van der Waals surface area contributed by atoms with Crippen LogP contribution in [0.5, 0.6) is 5.75 Å². The third-order valence-corrected chi connectivity index (χ3v) is 5.54. The number of amides is 1. The summed E-state index contributed by atoms with van der Waals surface area (Å²) in [6.45, 7) is 9.12. The van der Waals surface area contributed by atoms with Crippen LogP contribution in [0.4, 0.5) is 4.79 Å². The summed E-state index contributed by atoms with van der Waals surface area (Å²) in [6, 6.07) is 8.32. The van der Waals surface area contributed by atoms with E-state index in [9.17, 15) is 9.90 Å². The Bertz CT molecular complexity index is 593. The minimum Gasteiger partial charge on any atom is -0.508 e. The molecule has 0 atom stereocenters. The second-order valence-corrected chi connectivity index (χ2v) is 8.60. The van der Waals surface area contributed by atoms with Crippen LogP contribution >= 0.6 is 0 Å². The Hall–Kier alpha value is -1.75. The maximum atomic E-state index is 12.2. The Kier molecular flexibility index (Phi) is 5.76. The lowest BCUT2D eigenvalue weighted by atomic mass is 9.81. The van der Waals surface area contributed by atoms with Crippen LogP contribution < -0.4 is 0 Å². The van der Waals surface area contributed by atoms with Gasteiger partial charge in [-0.05, 0) is 70.1 Å². The van der Waals surface area contributed by atoms with Crippen LogP contribution in [0.3, 0.4) is 0 Å². The first-order chi connectivity index (χ1) is 12.3. The minimum absolute atomic E-state index is 0.187. The Morgan fingerprint density at radius 3 is 2.12 bits per heavy atom. The second kappa shape index (κ2) is 7.87. The van der Waals surface area contributed by atoms with Crippen molar-refractivity contribution in [3.8, 4) is 5.75 Å². The van der Waals surface area contributed by atoms with Gasteiger partial charge in [0.05, 0.1) is 0 Å². The van der Waals surface area contributed by atoms with Crippen LogP contribution in [0.2, 0.25) is 0 Å². The largest absolute Gasteiger partial charge is 0.508 e. The first-order valence-corrected chi connectivity index (χ1v) is 9.83. The number of hydrogen-bond acceptors (Lipinski definition) is 4. The third-order valence-electron chi connectivity index (χ3n) is 5.54. The van der Waals surface area contributed by atoms with Crippen molar-refractivity contribution in [2.24, 2.45) is 0 Å². The molecule has 0 radical (unpaired) electrons. The van der Waals surface area contributed by atoms with Gasteiger partial charge in [-0.25, -0.2) is 4.79 Å². The zero-order chi connectivity index (χ0) is 18.7. The Labute approximate surface area is 156 Å². The zero-order valence-electron chi connectivity index (χ0n) is 16.3. The molecule has 0 unspecified atom stereocenters. The van der Waals surface area contributed by atoms with E-state index >= 15 is 0 Å². The van der Waals surface area contributed by atoms with Crippen LogP contribution in [0.1, 0.15) is 57.9 Å². The molecule has 1 saturated heterocycles. The van der Waals surface area contributed by atoms with Gasteiger partial charge >= 0.3 is 6.09 Å². The molecule has 5 heteroatoms. The molecule has 1 N–H and O–H groups in total. The summed E-state index contributed by atoms with van der Waals surface area (Å²) in [5, 5.41) is 9.45. The van der Waals surface area contributed by atoms with Crippen molar-refractivity contribution in [1.29, 1.82) is 0 Å². The molecular weight excluding hydrogens is 328 g/mol. The number of benzene rings is 1. The van der Waals surface area contributed by atoms with Gasteiger partial charge in [0, 0.05) is 32.2 Å². The standard InChI is InChI=1S/C21H32N2O3/c1-21(2,3)26-20(25)23-14-12-22(13-15-23)18-8-4-16(5-9-18)17-6-10-19(24)11-7-17/h6-7,10-11,16,18,24H,4-5,8-9,12-15H2,1-3H3. The predicted octanol–water partition coefficient (Wildman–Crippen LogP) is 3.97. The van der Waals surface area contributed by atoms with E-state index in [0.29, 0.717) is 17.7 Å². The molecule has 1 aromatic rings. The molecule has 1 aliphatic carbocycles. The van der Waals surface area contributed by atoms with Gasteiger partial charge in [0.1, 0.15) is 11.4 Å². The van der Waals surface area contributed by atoms with E-state index in [1.165, 1.54) is 31.2 Å². The molecule has 1 amide bonds. The van der Waals surface area contributed by atoms with Crippen LogP contribution in [-0.2, 0) is 4.74 Å². The van der Waals surface area contributed by atoms with E-state index in [1.54, 1.807) is 12.1 Å². The second-order valence-electron chi connectivity index (χ2n) is 8.60. The average molecular weight is 360 g/mol. The molecule has 1 saturated carbocycles. The number of phenolic OH excluding ortho intramolecular Hbond substituents is 1. The SMILES string of the molecule is CC(C)(C)OC(=O)N1CCN(C2CCC(c3ccc(O)cc3)CC2)CC1. The van der Waals surface area contributed by atoms with Crippen LogP contribution in [0, 0.1) is 0 Å². The summed E-state index contributed by atoms with van der Waals surface area (Å²) in [5.74, 6) is 0.945. The summed E-state index contributed by atoms with van der Waals surface area (Å²) in [6.07, 6.45) is 4.62. The molecule has 0 bridgehead atoms. The number of carbonyl (C=O) groups excluding carboxylic acids is 1. The number of ether oxygens (including phenoxy) is 1. The van der Waals surface area contributed by atoms with E-state index in [-0.39, 0.29) is 6.09 Å². The lowest BCUT2D eigenvalue weighted by Crippen LogP contribution is -2.53. The fourth-order valence-corrected chi connectivity index (χ4v) is 4.12. The smallest absolute Gasteiger partial charge is 0.410 e. The van der Waals surface area contributed by atoms with E-state index < -0.39 is 5.60 Å². The predicted molar refractivity (Wildman–Crippen MR) is 102 cm³/mol.